The lowest BCUT2D eigenvalue weighted by molar-refractivity contribution is -0.192. The number of nitrogens with zero attached hydrogens (tertiary/aromatic N) is 2. The lowest BCUT2D eigenvalue weighted by Gasteiger charge is -2.33. The highest BCUT2D eigenvalue weighted by atomic mass is 35.5. The van der Waals surface area contributed by atoms with Crippen LogP contribution in [0.5, 0.6) is 5.75 Å². The van der Waals surface area contributed by atoms with E-state index in [0.717, 1.165) is 5.69 Å². The van der Waals surface area contributed by atoms with Gasteiger partial charge < -0.3 is 30.9 Å². The number of carboxylic acid groups (broad SMARTS) is 2. The number of nitrogens with two attached hydrogens (primary N) is 1. The number of benzene rings is 1. The number of aromatic nitrogens is 1. The molecule has 1 aromatic carbocycles. The Kier molecular flexibility index (Phi) is 12.5. The molecule has 0 radical (unpaired) electrons. The summed E-state index contributed by atoms with van der Waals surface area (Å²) in [6.45, 7) is 1.81. The van der Waals surface area contributed by atoms with Crippen molar-refractivity contribution >= 4 is 52.6 Å². The summed E-state index contributed by atoms with van der Waals surface area (Å²) in [5.41, 5.74) is 7.49. The second-order valence-corrected chi connectivity index (χ2v) is 9.60. The van der Waals surface area contributed by atoms with Crippen LogP contribution in [0.25, 0.3) is 0 Å². The molecule has 1 amide bonds. The number of amidine groups is 1. The summed E-state index contributed by atoms with van der Waals surface area (Å²) >= 11 is 12.5. The Labute approximate surface area is 242 Å². The molecule has 6 N–H and O–H groups in total. The maximum atomic E-state index is 12.6. The van der Waals surface area contributed by atoms with Crippen LogP contribution in [0.15, 0.2) is 30.6 Å². The monoisotopic (exact) mass is 621 g/mol. The lowest BCUT2D eigenvalue weighted by Crippen LogP contribution is -2.41. The van der Waals surface area contributed by atoms with Crippen LogP contribution >= 0.6 is 23.2 Å². The summed E-state index contributed by atoms with van der Waals surface area (Å²) in [5, 5.41) is 27.6. The van der Waals surface area contributed by atoms with E-state index in [2.05, 4.69) is 15.2 Å². The fraction of sp³-hybridized carbons (Fsp3) is 0.400. The summed E-state index contributed by atoms with van der Waals surface area (Å²) in [5.74, 6) is -3.48. The number of piperidine rings is 1. The largest absolute Gasteiger partial charge is 0.491 e. The van der Waals surface area contributed by atoms with Gasteiger partial charge in [0.25, 0.3) is 0 Å². The Morgan fingerprint density at radius 1 is 1.15 bits per heavy atom. The zero-order valence-corrected chi connectivity index (χ0v) is 23.0. The first-order valence-electron chi connectivity index (χ1n) is 12.1. The maximum absolute atomic E-state index is 12.6. The molecular formula is C25H28Cl2F3N5O6. The molecule has 16 heteroatoms. The molecule has 11 nitrogen and oxygen atoms in total. The average Bonchev–Trinajstić information content (AvgIpc) is 2.90. The highest BCUT2D eigenvalue weighted by Crippen LogP contribution is 2.35. The number of carbonyl (C=O) groups excluding carboxylic acids is 1. The quantitative estimate of drug-likeness (QED) is 0.150. The number of anilines is 1. The Morgan fingerprint density at radius 3 is 2.24 bits per heavy atom. The van der Waals surface area contributed by atoms with Gasteiger partial charge in [-0.05, 0) is 30.9 Å². The Bertz CT molecular complexity index is 1240. The number of amides is 1. The minimum atomic E-state index is -5.08. The number of aliphatic carboxylic acids is 2. The van der Waals surface area contributed by atoms with Gasteiger partial charge in [-0.3, -0.25) is 20.0 Å². The normalized spacial score (nSPS) is 13.5. The molecule has 0 atom stereocenters. The number of nitrogens with one attached hydrogen (secondary N) is 2. The van der Waals surface area contributed by atoms with Gasteiger partial charge in [-0.25, -0.2) is 4.79 Å². The van der Waals surface area contributed by atoms with Crippen LogP contribution in [0.1, 0.15) is 30.4 Å². The van der Waals surface area contributed by atoms with E-state index in [1.165, 1.54) is 0 Å². The molecule has 224 valence electrons. The van der Waals surface area contributed by atoms with Crippen molar-refractivity contribution in [2.45, 2.75) is 31.9 Å². The van der Waals surface area contributed by atoms with Gasteiger partial charge in [-0.2, -0.15) is 13.2 Å². The molecule has 3 rings (SSSR count). The molecule has 0 bridgehead atoms. The minimum absolute atomic E-state index is 0.0405. The number of halogens is 5. The third kappa shape index (κ3) is 10.6. The molecule has 1 aliphatic heterocycles. The number of hydrogen-bond donors (Lipinski definition) is 5. The molecule has 1 aliphatic rings. The third-order valence-corrected chi connectivity index (χ3v) is 6.45. The number of pyridine rings is 1. The standard InChI is InChI=1S/C23H27Cl2N5O4.C2HF3O2/c24-17-12-28-13-18(25)21(17)30-8-5-15(6-9-30)23(33)29-7-10-34-19-11-16(22(26)27)2-1-14(19)3-4-20(31)32;3-2(4,5)1(6)7/h1-2,11-13,15H,3-10H2,(H3,26,27)(H,29,33)(H,31,32);(H,6,7). The van der Waals surface area contributed by atoms with Crippen LogP contribution in [0.4, 0.5) is 18.9 Å². The molecule has 0 unspecified atom stereocenters. The van der Waals surface area contributed by atoms with E-state index in [9.17, 15) is 22.8 Å². The van der Waals surface area contributed by atoms with Crippen molar-refractivity contribution in [3.63, 3.8) is 0 Å². The van der Waals surface area contributed by atoms with Crippen LogP contribution in [-0.2, 0) is 20.8 Å². The van der Waals surface area contributed by atoms with E-state index < -0.39 is 18.1 Å². The summed E-state index contributed by atoms with van der Waals surface area (Å²) in [4.78, 5) is 38.5. The Morgan fingerprint density at radius 2 is 1.73 bits per heavy atom. The number of alkyl halides is 3. The number of ether oxygens (including phenoxy) is 1. The van der Waals surface area contributed by atoms with Gasteiger partial charge in [0.2, 0.25) is 5.91 Å². The van der Waals surface area contributed by atoms with Gasteiger partial charge in [0, 0.05) is 43.4 Å². The van der Waals surface area contributed by atoms with Crippen molar-refractivity contribution in [2.75, 3.05) is 31.1 Å². The highest BCUT2D eigenvalue weighted by Gasteiger charge is 2.38. The van der Waals surface area contributed by atoms with Gasteiger partial charge in [-0.1, -0.05) is 35.3 Å². The minimum Gasteiger partial charge on any atom is -0.491 e. The number of carbonyl (C=O) groups is 3. The van der Waals surface area contributed by atoms with Crippen molar-refractivity contribution in [3.05, 3.63) is 51.8 Å². The molecule has 0 aliphatic carbocycles. The highest BCUT2D eigenvalue weighted by molar-refractivity contribution is 6.38. The van der Waals surface area contributed by atoms with Crippen LogP contribution in [0.2, 0.25) is 10.0 Å². The molecular weight excluding hydrogens is 594 g/mol. The molecule has 0 spiro atoms. The van der Waals surface area contributed by atoms with E-state index in [-0.39, 0.29) is 30.7 Å². The summed E-state index contributed by atoms with van der Waals surface area (Å²) in [6.07, 6.45) is -0.384. The number of carboxylic acids is 2. The summed E-state index contributed by atoms with van der Waals surface area (Å²) in [6, 6.07) is 4.99. The van der Waals surface area contributed by atoms with Crippen molar-refractivity contribution in [2.24, 2.45) is 11.7 Å². The molecule has 1 fully saturated rings. The van der Waals surface area contributed by atoms with Gasteiger partial charge >= 0.3 is 18.1 Å². The predicted octanol–water partition coefficient (Wildman–Crippen LogP) is 3.73. The number of aryl methyl sites for hydroxylation is 1. The maximum Gasteiger partial charge on any atom is 0.490 e. The van der Waals surface area contributed by atoms with Crippen LogP contribution in [0, 0.1) is 11.3 Å². The van der Waals surface area contributed by atoms with Crippen molar-refractivity contribution < 1.29 is 42.5 Å². The molecule has 2 heterocycles. The third-order valence-electron chi connectivity index (χ3n) is 5.90. The molecule has 1 aromatic heterocycles. The fourth-order valence-corrected chi connectivity index (χ4v) is 4.46. The Balaban J connectivity index is 0.000000745. The van der Waals surface area contributed by atoms with Gasteiger partial charge in [0.1, 0.15) is 18.2 Å². The molecule has 41 heavy (non-hydrogen) atoms. The molecule has 1 saturated heterocycles. The average molecular weight is 622 g/mol. The summed E-state index contributed by atoms with van der Waals surface area (Å²) < 4.78 is 37.5. The summed E-state index contributed by atoms with van der Waals surface area (Å²) in [7, 11) is 0. The zero-order chi connectivity index (χ0) is 30.7. The van der Waals surface area contributed by atoms with Gasteiger partial charge in [-0.15, -0.1) is 0 Å². The first kappa shape index (κ1) is 33.4. The van der Waals surface area contributed by atoms with Crippen molar-refractivity contribution in [1.82, 2.24) is 10.3 Å². The van der Waals surface area contributed by atoms with Crippen molar-refractivity contribution in [1.29, 1.82) is 5.41 Å². The number of rotatable bonds is 10. The second kappa shape index (κ2) is 15.3. The van der Waals surface area contributed by atoms with Crippen LogP contribution in [0.3, 0.4) is 0 Å². The van der Waals surface area contributed by atoms with Crippen LogP contribution < -0.4 is 20.7 Å². The first-order chi connectivity index (χ1) is 19.2. The fourth-order valence-electron chi connectivity index (χ4n) is 3.86. The number of nitrogen functional groups attached to an aromatic ring is 1. The first-order valence-corrected chi connectivity index (χ1v) is 12.9. The van der Waals surface area contributed by atoms with E-state index in [1.807, 2.05) is 0 Å². The topological polar surface area (TPSA) is 179 Å². The SMILES string of the molecule is N=C(N)c1ccc(CCC(=O)O)c(OCCNC(=O)C2CCN(c3c(Cl)cncc3Cl)CC2)c1.O=C(O)C(F)(F)F. The zero-order valence-electron chi connectivity index (χ0n) is 21.5. The second-order valence-electron chi connectivity index (χ2n) is 8.79. The predicted molar refractivity (Wildman–Crippen MR) is 145 cm³/mol. The smallest absolute Gasteiger partial charge is 0.490 e. The van der Waals surface area contributed by atoms with E-state index in [0.29, 0.717) is 65.8 Å². The van der Waals surface area contributed by atoms with E-state index in [4.69, 9.17) is 54.1 Å². The molecule has 2 aromatic rings. The van der Waals surface area contributed by atoms with Crippen molar-refractivity contribution in [3.8, 4) is 5.75 Å². The van der Waals surface area contributed by atoms with Crippen LogP contribution in [-0.4, -0.2) is 71.3 Å². The lowest BCUT2D eigenvalue weighted by atomic mass is 9.95. The Hall–Kier alpha value is -3.78. The van der Waals surface area contributed by atoms with E-state index >= 15 is 0 Å². The number of hydrogen-bond acceptors (Lipinski definition) is 7. The van der Waals surface area contributed by atoms with E-state index in [1.54, 1.807) is 30.6 Å². The molecule has 0 saturated carbocycles. The van der Waals surface area contributed by atoms with Gasteiger partial charge in [0.05, 0.1) is 22.3 Å². The van der Waals surface area contributed by atoms with Gasteiger partial charge in [0.15, 0.2) is 0 Å².